The standard InChI is InChI=1S/C13H18N4/c1-10(12-6-4-3-5-7-12)8-14-11(2)13-15-9-16-17-13/h3-7,9-11,14H,8H2,1-2H3,(H,15,16,17). The summed E-state index contributed by atoms with van der Waals surface area (Å²) in [6.45, 7) is 5.22. The van der Waals surface area contributed by atoms with E-state index in [9.17, 15) is 0 Å². The molecule has 0 aliphatic heterocycles. The molecule has 4 heteroatoms. The molecule has 90 valence electrons. The molecule has 0 radical (unpaired) electrons. The summed E-state index contributed by atoms with van der Waals surface area (Å²) in [5.74, 6) is 1.37. The van der Waals surface area contributed by atoms with Crippen LogP contribution in [0.3, 0.4) is 0 Å². The highest BCUT2D eigenvalue weighted by molar-refractivity contribution is 5.19. The van der Waals surface area contributed by atoms with Crippen LogP contribution >= 0.6 is 0 Å². The number of hydrogen-bond donors (Lipinski definition) is 2. The number of H-pyrrole nitrogens is 1. The van der Waals surface area contributed by atoms with E-state index >= 15 is 0 Å². The molecule has 0 spiro atoms. The molecule has 0 saturated carbocycles. The van der Waals surface area contributed by atoms with Crippen LogP contribution in [0.5, 0.6) is 0 Å². The second kappa shape index (κ2) is 5.59. The predicted octanol–water partition coefficient (Wildman–Crippen LogP) is 2.26. The van der Waals surface area contributed by atoms with E-state index in [1.54, 1.807) is 0 Å². The first-order chi connectivity index (χ1) is 8.27. The van der Waals surface area contributed by atoms with Gasteiger partial charge in [-0.15, -0.1) is 0 Å². The van der Waals surface area contributed by atoms with Crippen molar-refractivity contribution in [2.45, 2.75) is 25.8 Å². The largest absolute Gasteiger partial charge is 0.307 e. The minimum Gasteiger partial charge on any atom is -0.307 e. The van der Waals surface area contributed by atoms with E-state index in [0.29, 0.717) is 5.92 Å². The molecule has 2 rings (SSSR count). The smallest absolute Gasteiger partial charge is 0.141 e. The maximum Gasteiger partial charge on any atom is 0.141 e. The zero-order valence-corrected chi connectivity index (χ0v) is 10.2. The van der Waals surface area contributed by atoms with E-state index in [-0.39, 0.29) is 6.04 Å². The van der Waals surface area contributed by atoms with Crippen LogP contribution in [-0.2, 0) is 0 Å². The minimum atomic E-state index is 0.198. The maximum atomic E-state index is 4.14. The van der Waals surface area contributed by atoms with Crippen molar-refractivity contribution in [1.82, 2.24) is 20.5 Å². The molecule has 0 fully saturated rings. The van der Waals surface area contributed by atoms with Crippen molar-refractivity contribution >= 4 is 0 Å². The first-order valence-electron chi connectivity index (χ1n) is 5.91. The maximum absolute atomic E-state index is 4.14. The van der Waals surface area contributed by atoms with Crippen molar-refractivity contribution in [3.63, 3.8) is 0 Å². The van der Waals surface area contributed by atoms with Crippen LogP contribution in [0.1, 0.15) is 37.2 Å². The van der Waals surface area contributed by atoms with Crippen LogP contribution < -0.4 is 5.32 Å². The van der Waals surface area contributed by atoms with Gasteiger partial charge in [-0.3, -0.25) is 5.10 Å². The van der Waals surface area contributed by atoms with Gasteiger partial charge in [0.2, 0.25) is 0 Å². The number of aromatic nitrogens is 3. The molecule has 2 atom stereocenters. The third kappa shape index (κ3) is 3.14. The van der Waals surface area contributed by atoms with Crippen LogP contribution in [-0.4, -0.2) is 21.7 Å². The van der Waals surface area contributed by atoms with Gasteiger partial charge in [0.1, 0.15) is 12.2 Å². The van der Waals surface area contributed by atoms with Crippen molar-refractivity contribution in [2.75, 3.05) is 6.54 Å². The lowest BCUT2D eigenvalue weighted by Crippen LogP contribution is -2.24. The molecule has 1 aromatic carbocycles. The molecule has 1 heterocycles. The van der Waals surface area contributed by atoms with E-state index in [1.165, 1.54) is 11.9 Å². The molecular weight excluding hydrogens is 212 g/mol. The SMILES string of the molecule is CC(CNC(C)c1ncn[nH]1)c1ccccc1. The van der Waals surface area contributed by atoms with Crippen molar-refractivity contribution < 1.29 is 0 Å². The fourth-order valence-electron chi connectivity index (χ4n) is 1.77. The quantitative estimate of drug-likeness (QED) is 0.828. The third-order valence-corrected chi connectivity index (χ3v) is 2.94. The van der Waals surface area contributed by atoms with Crippen LogP contribution in [0.15, 0.2) is 36.7 Å². The Kier molecular flexibility index (Phi) is 3.88. The Bertz CT molecular complexity index is 424. The minimum absolute atomic E-state index is 0.198. The van der Waals surface area contributed by atoms with Gasteiger partial charge in [0, 0.05) is 6.54 Å². The van der Waals surface area contributed by atoms with Gasteiger partial charge in [-0.25, -0.2) is 4.98 Å². The Balaban J connectivity index is 1.86. The molecule has 0 bridgehead atoms. The first kappa shape index (κ1) is 11.8. The fourth-order valence-corrected chi connectivity index (χ4v) is 1.77. The molecule has 0 saturated heterocycles. The molecule has 0 amide bonds. The monoisotopic (exact) mass is 230 g/mol. The van der Waals surface area contributed by atoms with Crippen LogP contribution in [0.4, 0.5) is 0 Å². The van der Waals surface area contributed by atoms with E-state index in [2.05, 4.69) is 58.6 Å². The lowest BCUT2D eigenvalue weighted by atomic mass is 10.0. The summed E-state index contributed by atoms with van der Waals surface area (Å²) in [7, 11) is 0. The van der Waals surface area contributed by atoms with Crippen LogP contribution in [0.2, 0.25) is 0 Å². The molecule has 0 aliphatic carbocycles. The number of nitrogens with zero attached hydrogens (tertiary/aromatic N) is 2. The zero-order valence-electron chi connectivity index (χ0n) is 10.2. The highest BCUT2D eigenvalue weighted by atomic mass is 15.2. The summed E-state index contributed by atoms with van der Waals surface area (Å²) in [6, 6.07) is 10.7. The highest BCUT2D eigenvalue weighted by Crippen LogP contribution is 2.14. The van der Waals surface area contributed by atoms with E-state index in [0.717, 1.165) is 12.4 Å². The first-order valence-corrected chi connectivity index (χ1v) is 5.91. The number of nitrogens with one attached hydrogen (secondary N) is 2. The summed E-state index contributed by atoms with van der Waals surface area (Å²) in [4.78, 5) is 4.14. The highest BCUT2D eigenvalue weighted by Gasteiger charge is 2.10. The fraction of sp³-hybridized carbons (Fsp3) is 0.385. The van der Waals surface area contributed by atoms with E-state index in [1.807, 2.05) is 6.07 Å². The van der Waals surface area contributed by atoms with Gasteiger partial charge >= 0.3 is 0 Å². The average molecular weight is 230 g/mol. The second-order valence-corrected chi connectivity index (χ2v) is 4.31. The number of aromatic amines is 1. The van der Waals surface area contributed by atoms with Gasteiger partial charge in [0.15, 0.2) is 0 Å². The topological polar surface area (TPSA) is 53.6 Å². The number of hydrogen-bond acceptors (Lipinski definition) is 3. The van der Waals surface area contributed by atoms with E-state index < -0.39 is 0 Å². The molecule has 1 aromatic heterocycles. The summed E-state index contributed by atoms with van der Waals surface area (Å²) >= 11 is 0. The van der Waals surface area contributed by atoms with Crippen molar-refractivity contribution in [2.24, 2.45) is 0 Å². The molecule has 17 heavy (non-hydrogen) atoms. The van der Waals surface area contributed by atoms with Gasteiger partial charge < -0.3 is 5.32 Å². The Morgan fingerprint density at radius 2 is 2.00 bits per heavy atom. The van der Waals surface area contributed by atoms with Gasteiger partial charge in [-0.2, -0.15) is 5.10 Å². The molecule has 2 unspecified atom stereocenters. The van der Waals surface area contributed by atoms with Gasteiger partial charge in [-0.05, 0) is 18.4 Å². The molecule has 2 N–H and O–H groups in total. The summed E-state index contributed by atoms with van der Waals surface area (Å²) in [5, 5.41) is 10.2. The van der Waals surface area contributed by atoms with Crippen LogP contribution in [0.25, 0.3) is 0 Å². The van der Waals surface area contributed by atoms with Gasteiger partial charge in [0.25, 0.3) is 0 Å². The van der Waals surface area contributed by atoms with Crippen molar-refractivity contribution in [3.8, 4) is 0 Å². The van der Waals surface area contributed by atoms with Gasteiger partial charge in [-0.1, -0.05) is 37.3 Å². The average Bonchev–Trinajstić information content (AvgIpc) is 2.90. The van der Waals surface area contributed by atoms with Crippen molar-refractivity contribution in [3.05, 3.63) is 48.0 Å². The lowest BCUT2D eigenvalue weighted by molar-refractivity contribution is 0.518. The number of benzene rings is 1. The van der Waals surface area contributed by atoms with E-state index in [4.69, 9.17) is 0 Å². The summed E-state index contributed by atoms with van der Waals surface area (Å²) < 4.78 is 0. The molecule has 4 nitrogen and oxygen atoms in total. The van der Waals surface area contributed by atoms with Crippen LogP contribution in [0, 0.1) is 0 Å². The Labute approximate surface area is 101 Å². The van der Waals surface area contributed by atoms with Crippen molar-refractivity contribution in [1.29, 1.82) is 0 Å². The summed E-state index contributed by atoms with van der Waals surface area (Å²) in [6.07, 6.45) is 1.54. The molecule has 0 aliphatic rings. The Morgan fingerprint density at radius 3 is 2.65 bits per heavy atom. The molecule has 2 aromatic rings. The van der Waals surface area contributed by atoms with Gasteiger partial charge in [0.05, 0.1) is 6.04 Å². The summed E-state index contributed by atoms with van der Waals surface area (Å²) in [5.41, 5.74) is 1.35. The second-order valence-electron chi connectivity index (χ2n) is 4.31. The zero-order chi connectivity index (χ0) is 12.1. The molecular formula is C13H18N4. The number of rotatable bonds is 5. The Hall–Kier alpha value is -1.68. The lowest BCUT2D eigenvalue weighted by Gasteiger charge is -2.16. The normalized spacial score (nSPS) is 14.5. The Morgan fingerprint density at radius 1 is 1.24 bits per heavy atom. The third-order valence-electron chi connectivity index (χ3n) is 2.94. The predicted molar refractivity (Wildman–Crippen MR) is 67.7 cm³/mol.